The van der Waals surface area contributed by atoms with Gasteiger partial charge in [-0.25, -0.2) is 14.6 Å². The topological polar surface area (TPSA) is 141 Å². The zero-order valence-corrected chi connectivity index (χ0v) is 27.0. The van der Waals surface area contributed by atoms with Crippen LogP contribution in [0.25, 0.3) is 22.0 Å². The monoisotopic (exact) mass is 624 g/mol. The summed E-state index contributed by atoms with van der Waals surface area (Å²) < 4.78 is 19.4. The smallest absolute Gasteiger partial charge is 0.410 e. The van der Waals surface area contributed by atoms with Gasteiger partial charge in [-0.1, -0.05) is 26.8 Å². The molecule has 0 bridgehead atoms. The first-order chi connectivity index (χ1) is 21.1. The Morgan fingerprint density at radius 2 is 1.76 bits per heavy atom. The van der Waals surface area contributed by atoms with E-state index in [1.807, 2.05) is 41.5 Å². The van der Waals surface area contributed by atoms with Gasteiger partial charge < -0.3 is 25.0 Å². The molecule has 2 fully saturated rings. The fourth-order valence-electron chi connectivity index (χ4n) is 5.76. The molecule has 4 heterocycles. The molecular weight excluding hydrogens is 579 g/mol. The Balaban J connectivity index is 0.000000297. The summed E-state index contributed by atoms with van der Waals surface area (Å²) in [4.78, 5) is 43.2. The second-order valence-corrected chi connectivity index (χ2v) is 13.8. The van der Waals surface area contributed by atoms with Crippen molar-refractivity contribution in [2.75, 3.05) is 19.6 Å². The number of amides is 3. The highest BCUT2D eigenvalue weighted by Crippen LogP contribution is 2.33. The number of ether oxygens (including phenoxy) is 1. The molecule has 3 aromatic rings. The van der Waals surface area contributed by atoms with Gasteiger partial charge in [0, 0.05) is 48.9 Å². The quantitative estimate of drug-likeness (QED) is 0.284. The molecule has 3 amide bonds. The number of aromatic amines is 1. The third-order valence-electron chi connectivity index (χ3n) is 8.04. The molecule has 11 nitrogen and oxygen atoms in total. The summed E-state index contributed by atoms with van der Waals surface area (Å²) in [6.45, 7) is 13.8. The molecule has 12 heteroatoms. The molecule has 0 saturated carbocycles. The second kappa shape index (κ2) is 13.8. The molecule has 45 heavy (non-hydrogen) atoms. The Labute approximate surface area is 263 Å². The zero-order valence-electron chi connectivity index (χ0n) is 27.0. The zero-order chi connectivity index (χ0) is 32.9. The van der Waals surface area contributed by atoms with Gasteiger partial charge >= 0.3 is 12.2 Å². The molecule has 0 radical (unpaired) electrons. The Hall–Kier alpha value is -4.22. The van der Waals surface area contributed by atoms with E-state index in [0.29, 0.717) is 41.4 Å². The number of carbonyl (C=O) groups is 3. The lowest BCUT2D eigenvalue weighted by molar-refractivity contribution is 0.0215. The van der Waals surface area contributed by atoms with Crippen molar-refractivity contribution in [3.63, 3.8) is 0 Å². The molecule has 0 aliphatic carbocycles. The molecule has 5 rings (SSSR count). The maximum atomic E-state index is 14.1. The number of pyridine rings is 1. The maximum Gasteiger partial charge on any atom is 0.410 e. The van der Waals surface area contributed by atoms with Crippen molar-refractivity contribution in [1.29, 1.82) is 0 Å². The van der Waals surface area contributed by atoms with Crippen LogP contribution in [0.1, 0.15) is 84.1 Å². The minimum Gasteiger partial charge on any atom is -0.465 e. The molecule has 1 aromatic carbocycles. The minimum atomic E-state index is -0.942. The lowest BCUT2D eigenvalue weighted by atomic mass is 9.79. The molecule has 2 atom stereocenters. The maximum absolute atomic E-state index is 14.1. The van der Waals surface area contributed by atoms with Crippen LogP contribution in [-0.2, 0) is 4.74 Å². The van der Waals surface area contributed by atoms with Gasteiger partial charge in [-0.05, 0) is 88.1 Å². The average molecular weight is 625 g/mol. The largest absolute Gasteiger partial charge is 0.465 e. The van der Waals surface area contributed by atoms with Gasteiger partial charge in [-0.15, -0.1) is 0 Å². The third-order valence-corrected chi connectivity index (χ3v) is 8.04. The van der Waals surface area contributed by atoms with Crippen LogP contribution < -0.4 is 5.32 Å². The van der Waals surface area contributed by atoms with E-state index in [9.17, 15) is 23.9 Å². The van der Waals surface area contributed by atoms with Crippen molar-refractivity contribution < 1.29 is 28.6 Å². The molecule has 3 N–H and O–H groups in total. The number of benzene rings is 1. The molecule has 244 valence electrons. The van der Waals surface area contributed by atoms with Gasteiger partial charge in [0.1, 0.15) is 5.60 Å². The van der Waals surface area contributed by atoms with Crippen molar-refractivity contribution in [3.8, 4) is 11.1 Å². The van der Waals surface area contributed by atoms with E-state index in [4.69, 9.17) is 4.74 Å². The Morgan fingerprint density at radius 1 is 1.04 bits per heavy atom. The van der Waals surface area contributed by atoms with E-state index in [1.165, 1.54) is 17.5 Å². The molecular formula is C33H45FN6O5. The fraction of sp³-hybridized carbons (Fsp3) is 0.545. The first kappa shape index (κ1) is 33.7. The number of carbonyl (C=O) groups excluding carboxylic acids is 2. The molecule has 2 aliphatic heterocycles. The predicted octanol–water partition coefficient (Wildman–Crippen LogP) is 6.46. The van der Waals surface area contributed by atoms with Crippen LogP contribution in [0.3, 0.4) is 0 Å². The van der Waals surface area contributed by atoms with Gasteiger partial charge in [0.05, 0.1) is 5.52 Å². The van der Waals surface area contributed by atoms with E-state index in [2.05, 4.69) is 20.5 Å². The highest BCUT2D eigenvalue weighted by molar-refractivity contribution is 6.05. The minimum absolute atomic E-state index is 0.160. The number of halogens is 1. The van der Waals surface area contributed by atoms with Crippen molar-refractivity contribution in [3.05, 3.63) is 48.2 Å². The van der Waals surface area contributed by atoms with E-state index in [1.54, 1.807) is 35.2 Å². The number of nitrogens with one attached hydrogen (secondary N) is 2. The number of hydrogen-bond donors (Lipinski definition) is 3. The fourth-order valence-corrected chi connectivity index (χ4v) is 5.76. The number of likely N-dealkylation sites (tertiary alicyclic amines) is 2. The predicted molar refractivity (Wildman–Crippen MR) is 169 cm³/mol. The summed E-state index contributed by atoms with van der Waals surface area (Å²) in [5, 5.41) is 20.2. The summed E-state index contributed by atoms with van der Waals surface area (Å²) in [7, 11) is 0. The number of nitrogens with zero attached hydrogens (tertiary/aromatic N) is 4. The average Bonchev–Trinajstić information content (AvgIpc) is 3.40. The van der Waals surface area contributed by atoms with Crippen LogP contribution in [0, 0.1) is 11.4 Å². The van der Waals surface area contributed by atoms with Crippen LogP contribution in [0.2, 0.25) is 0 Å². The Kier molecular flexibility index (Phi) is 10.3. The second-order valence-electron chi connectivity index (χ2n) is 13.8. The SMILES string of the molecule is CC(C)(C)C1CC(NC(=O)c2n[nH]c3ccc(-c4cccnc4F)cc23)CCN1C(=O)O.CC(C)(C)OC(=O)N1CCCCC1. The summed E-state index contributed by atoms with van der Waals surface area (Å²) in [5.74, 6) is -0.929. The molecule has 2 saturated heterocycles. The third kappa shape index (κ3) is 8.70. The number of piperidine rings is 2. The normalized spacial score (nSPS) is 19.0. The van der Waals surface area contributed by atoms with Crippen molar-refractivity contribution in [2.45, 2.75) is 91.3 Å². The number of H-pyrrole nitrogens is 1. The van der Waals surface area contributed by atoms with Gasteiger partial charge in [0.2, 0.25) is 5.95 Å². The summed E-state index contributed by atoms with van der Waals surface area (Å²) in [6, 6.07) is 8.12. The van der Waals surface area contributed by atoms with Crippen molar-refractivity contribution in [2.24, 2.45) is 5.41 Å². The number of hydrogen-bond acceptors (Lipinski definition) is 6. The van der Waals surface area contributed by atoms with E-state index >= 15 is 0 Å². The van der Waals surface area contributed by atoms with Gasteiger partial charge in [0.15, 0.2) is 5.69 Å². The first-order valence-corrected chi connectivity index (χ1v) is 15.5. The molecule has 2 aromatic heterocycles. The summed E-state index contributed by atoms with van der Waals surface area (Å²) in [6.07, 6.45) is 4.79. The van der Waals surface area contributed by atoms with E-state index in [-0.39, 0.29) is 40.8 Å². The Bertz CT molecular complexity index is 1510. The van der Waals surface area contributed by atoms with Crippen molar-refractivity contribution in [1.82, 2.24) is 30.3 Å². The van der Waals surface area contributed by atoms with Crippen LogP contribution in [0.15, 0.2) is 36.5 Å². The highest BCUT2D eigenvalue weighted by atomic mass is 19.1. The lowest BCUT2D eigenvalue weighted by Gasteiger charge is -2.44. The van der Waals surface area contributed by atoms with Crippen LogP contribution >= 0.6 is 0 Å². The Morgan fingerprint density at radius 3 is 2.38 bits per heavy atom. The standard InChI is InChI=1S/C23H26FN5O3.C10H19NO2/c1-23(2,3)18-12-14(8-10-29(18)22(31)32)26-21(30)19-16-11-13(6-7-17(16)27-28-19)15-5-4-9-25-20(15)24;1-10(2,3)13-9(12)11-7-5-4-6-8-11/h4-7,9,11,14,18H,8,10,12H2,1-3H3,(H,26,30)(H,27,28)(H,31,32);4-8H2,1-3H3. The first-order valence-electron chi connectivity index (χ1n) is 15.5. The molecule has 2 aliphatic rings. The summed E-state index contributed by atoms with van der Waals surface area (Å²) >= 11 is 0. The highest BCUT2D eigenvalue weighted by Gasteiger charge is 2.39. The summed E-state index contributed by atoms with van der Waals surface area (Å²) in [5.41, 5.74) is 1.20. The molecule has 0 spiro atoms. The van der Waals surface area contributed by atoms with Gasteiger partial charge in [0.25, 0.3) is 5.91 Å². The number of fused-ring (bicyclic) bond motifs is 1. The van der Waals surface area contributed by atoms with Crippen molar-refractivity contribution >= 4 is 29.0 Å². The van der Waals surface area contributed by atoms with E-state index in [0.717, 1.165) is 25.9 Å². The van der Waals surface area contributed by atoms with E-state index < -0.39 is 12.0 Å². The number of rotatable bonds is 3. The van der Waals surface area contributed by atoms with Crippen LogP contribution in [-0.4, -0.2) is 85.5 Å². The molecule has 2 unspecified atom stereocenters. The number of aromatic nitrogens is 3. The van der Waals surface area contributed by atoms with Crippen LogP contribution in [0.4, 0.5) is 14.0 Å². The van der Waals surface area contributed by atoms with Crippen LogP contribution in [0.5, 0.6) is 0 Å². The van der Waals surface area contributed by atoms with Gasteiger partial charge in [-0.3, -0.25) is 9.89 Å². The number of carboxylic acid groups (broad SMARTS) is 1. The lowest BCUT2D eigenvalue weighted by Crippen LogP contribution is -2.56. The van der Waals surface area contributed by atoms with Gasteiger partial charge in [-0.2, -0.15) is 9.49 Å².